The van der Waals surface area contributed by atoms with Crippen LogP contribution in [0.25, 0.3) is 0 Å². The quantitative estimate of drug-likeness (QED) is 0.520. The molecule has 3 heterocycles. The molecule has 0 spiro atoms. The summed E-state index contributed by atoms with van der Waals surface area (Å²) in [7, 11) is 1.79. The molecular weight excluding hydrogens is 378 g/mol. The lowest BCUT2D eigenvalue weighted by Crippen LogP contribution is -2.46. The van der Waals surface area contributed by atoms with Crippen molar-refractivity contribution in [2.75, 3.05) is 51.2 Å². The van der Waals surface area contributed by atoms with Gasteiger partial charge in [0, 0.05) is 58.2 Å². The maximum Gasteiger partial charge on any atom is 0.255 e. The summed E-state index contributed by atoms with van der Waals surface area (Å²) in [6, 6.07) is 12.0. The fourth-order valence-electron chi connectivity index (χ4n) is 4.58. The number of unbranched alkanes of at least 4 members (excludes halogenated alkanes) is 1. The number of para-hydroxylation sites is 1. The van der Waals surface area contributed by atoms with E-state index in [1.807, 2.05) is 12.3 Å². The molecule has 1 amide bonds. The molecule has 0 N–H and O–H groups in total. The first kappa shape index (κ1) is 20.6. The zero-order chi connectivity index (χ0) is 20.9. The van der Waals surface area contributed by atoms with E-state index in [0.717, 1.165) is 57.8 Å². The molecule has 0 aliphatic carbocycles. The Bertz CT molecular complexity index is 858. The molecule has 2 aromatic rings. The van der Waals surface area contributed by atoms with Gasteiger partial charge in [-0.1, -0.05) is 23.4 Å². The van der Waals surface area contributed by atoms with Crippen molar-refractivity contribution in [3.8, 4) is 0 Å². The van der Waals surface area contributed by atoms with E-state index in [9.17, 15) is 9.70 Å². The van der Waals surface area contributed by atoms with Crippen LogP contribution in [0.15, 0.2) is 47.8 Å². The van der Waals surface area contributed by atoms with Crippen LogP contribution in [-0.4, -0.2) is 66.6 Å². The van der Waals surface area contributed by atoms with E-state index in [-0.39, 0.29) is 5.91 Å². The minimum atomic E-state index is -0.435. The Kier molecular flexibility index (Phi) is 6.47. The number of carbonyl (C=O) groups is 1. The molecule has 1 fully saturated rings. The first-order valence-corrected chi connectivity index (χ1v) is 11.0. The predicted molar refractivity (Wildman–Crippen MR) is 119 cm³/mol. The summed E-state index contributed by atoms with van der Waals surface area (Å²) in [5.41, 5.74) is 2.75. The van der Waals surface area contributed by atoms with Crippen molar-refractivity contribution in [2.45, 2.75) is 31.8 Å². The first-order chi connectivity index (χ1) is 14.7. The fraction of sp³-hybridized carbons (Fsp3) is 0.522. The zero-order valence-corrected chi connectivity index (χ0v) is 17.7. The molecule has 0 bridgehead atoms. The van der Waals surface area contributed by atoms with Gasteiger partial charge >= 0.3 is 0 Å². The highest BCUT2D eigenvalue weighted by atomic mass is 16.3. The lowest BCUT2D eigenvalue weighted by Gasteiger charge is -2.36. The number of aryl methyl sites for hydroxylation is 1. The molecule has 2 aliphatic heterocycles. The summed E-state index contributed by atoms with van der Waals surface area (Å²) in [5, 5.41) is 3.32. The van der Waals surface area contributed by atoms with Gasteiger partial charge in [0.05, 0.1) is 11.3 Å². The highest BCUT2D eigenvalue weighted by molar-refractivity contribution is 5.95. The predicted octanol–water partition coefficient (Wildman–Crippen LogP) is 3.37. The average molecular weight is 410 g/mol. The van der Waals surface area contributed by atoms with Crippen molar-refractivity contribution >= 4 is 11.6 Å². The molecule has 0 saturated carbocycles. The Morgan fingerprint density at radius 2 is 1.70 bits per heavy atom. The Labute approximate surface area is 178 Å². The van der Waals surface area contributed by atoms with E-state index in [1.54, 1.807) is 11.9 Å². The molecule has 1 unspecified atom stereocenters. The molecule has 4 rings (SSSR count). The minimum Gasteiger partial charge on any atom is -0.369 e. The van der Waals surface area contributed by atoms with Gasteiger partial charge in [-0.2, -0.15) is 4.91 Å². The van der Waals surface area contributed by atoms with Gasteiger partial charge in [-0.25, -0.2) is 0 Å². The summed E-state index contributed by atoms with van der Waals surface area (Å²) in [6.45, 7) is 6.79. The van der Waals surface area contributed by atoms with Crippen LogP contribution < -0.4 is 4.90 Å². The lowest BCUT2D eigenvalue weighted by atomic mass is 10.1. The first-order valence-electron chi connectivity index (χ1n) is 11.0. The van der Waals surface area contributed by atoms with E-state index in [4.69, 9.17) is 0 Å². The number of carbonyl (C=O) groups excluding carboxylic acids is 1. The number of hydrogen-bond acceptors (Lipinski definition) is 5. The molecule has 30 heavy (non-hydrogen) atoms. The molecule has 0 radical (unpaired) electrons. The molecule has 1 aromatic heterocycles. The number of piperazine rings is 1. The van der Waals surface area contributed by atoms with Crippen LogP contribution in [0.4, 0.5) is 5.69 Å². The number of benzene rings is 1. The van der Waals surface area contributed by atoms with Gasteiger partial charge in [0.15, 0.2) is 0 Å². The topological polar surface area (TPSA) is 61.2 Å². The normalized spacial score (nSPS) is 20.2. The molecule has 7 nitrogen and oxygen atoms in total. The van der Waals surface area contributed by atoms with Gasteiger partial charge in [-0.05, 0) is 44.0 Å². The van der Waals surface area contributed by atoms with Crippen molar-refractivity contribution in [2.24, 2.45) is 5.18 Å². The maximum absolute atomic E-state index is 12.5. The van der Waals surface area contributed by atoms with E-state index in [0.29, 0.717) is 18.5 Å². The van der Waals surface area contributed by atoms with Crippen LogP contribution in [0.1, 0.15) is 41.4 Å². The van der Waals surface area contributed by atoms with Crippen LogP contribution in [0.5, 0.6) is 0 Å². The Hall–Kier alpha value is -2.67. The number of hydrogen-bond donors (Lipinski definition) is 0. The van der Waals surface area contributed by atoms with Crippen LogP contribution in [0.2, 0.25) is 0 Å². The summed E-state index contributed by atoms with van der Waals surface area (Å²) in [6.07, 6.45) is 4.66. The average Bonchev–Trinajstić information content (AvgIpc) is 3.16. The third-order valence-electron chi connectivity index (χ3n) is 6.38. The summed E-state index contributed by atoms with van der Waals surface area (Å²) < 4.78 is 2.08. The van der Waals surface area contributed by atoms with Crippen molar-refractivity contribution in [3.63, 3.8) is 0 Å². The van der Waals surface area contributed by atoms with Crippen LogP contribution in [-0.2, 0) is 6.54 Å². The van der Waals surface area contributed by atoms with E-state index >= 15 is 0 Å². The molecule has 160 valence electrons. The van der Waals surface area contributed by atoms with Crippen molar-refractivity contribution < 1.29 is 4.79 Å². The summed E-state index contributed by atoms with van der Waals surface area (Å²) in [4.78, 5) is 30.6. The molecule has 1 atom stereocenters. The smallest absolute Gasteiger partial charge is 0.255 e. The van der Waals surface area contributed by atoms with Gasteiger partial charge in [-0.15, -0.1) is 0 Å². The molecule has 2 aliphatic rings. The molecule has 7 heteroatoms. The van der Waals surface area contributed by atoms with Crippen molar-refractivity contribution in [3.05, 3.63) is 58.8 Å². The van der Waals surface area contributed by atoms with E-state index in [2.05, 4.69) is 49.9 Å². The molecule has 1 saturated heterocycles. The third kappa shape index (κ3) is 4.41. The maximum atomic E-state index is 12.5. The van der Waals surface area contributed by atoms with Crippen molar-refractivity contribution in [1.82, 2.24) is 14.4 Å². The second kappa shape index (κ2) is 9.43. The van der Waals surface area contributed by atoms with Crippen LogP contribution in [0, 0.1) is 4.91 Å². The van der Waals surface area contributed by atoms with Crippen LogP contribution in [0.3, 0.4) is 0 Å². The Balaban J connectivity index is 1.26. The molecule has 1 aromatic carbocycles. The van der Waals surface area contributed by atoms with Gasteiger partial charge in [-0.3, -0.25) is 9.69 Å². The SMILES string of the molecule is CN1CCC(N=O)c2c(ccn2CCCCN2CCN(c3ccccc3)CC2)C1=O. The number of rotatable bonds is 7. The Morgan fingerprint density at radius 1 is 0.967 bits per heavy atom. The van der Waals surface area contributed by atoms with Gasteiger partial charge in [0.25, 0.3) is 5.91 Å². The monoisotopic (exact) mass is 409 g/mol. The minimum absolute atomic E-state index is 0.00816. The zero-order valence-electron chi connectivity index (χ0n) is 17.7. The second-order valence-electron chi connectivity index (χ2n) is 8.32. The third-order valence-corrected chi connectivity index (χ3v) is 6.38. The van der Waals surface area contributed by atoms with Crippen LogP contribution >= 0.6 is 0 Å². The van der Waals surface area contributed by atoms with Gasteiger partial charge in [0.2, 0.25) is 0 Å². The largest absolute Gasteiger partial charge is 0.369 e. The standard InChI is InChI=1S/C23H31N5O2/c1-25-13-10-21(24-30)22-20(23(25)29)9-14-28(22)12-6-5-11-26-15-17-27(18-16-26)19-7-3-2-4-8-19/h2-4,7-9,14,21H,5-6,10-13,15-18H2,1H3. The number of nitroso groups, excluding NO2 is 1. The van der Waals surface area contributed by atoms with E-state index < -0.39 is 6.04 Å². The van der Waals surface area contributed by atoms with Crippen molar-refractivity contribution in [1.29, 1.82) is 0 Å². The highest BCUT2D eigenvalue weighted by Crippen LogP contribution is 2.30. The number of aromatic nitrogens is 1. The van der Waals surface area contributed by atoms with Gasteiger partial charge < -0.3 is 14.4 Å². The number of fused-ring (bicyclic) bond motifs is 1. The lowest BCUT2D eigenvalue weighted by molar-refractivity contribution is 0.0799. The highest BCUT2D eigenvalue weighted by Gasteiger charge is 2.30. The van der Waals surface area contributed by atoms with E-state index in [1.165, 1.54) is 5.69 Å². The summed E-state index contributed by atoms with van der Waals surface area (Å²) >= 11 is 0. The number of amides is 1. The fourth-order valence-corrected chi connectivity index (χ4v) is 4.58. The molecular formula is C23H31N5O2. The van der Waals surface area contributed by atoms with Gasteiger partial charge in [0.1, 0.15) is 6.04 Å². The number of nitrogens with zero attached hydrogens (tertiary/aromatic N) is 5. The Morgan fingerprint density at radius 3 is 2.43 bits per heavy atom. The summed E-state index contributed by atoms with van der Waals surface area (Å²) in [5.74, 6) is -0.00816. The number of anilines is 1. The second-order valence-corrected chi connectivity index (χ2v) is 8.32.